The van der Waals surface area contributed by atoms with Crippen LogP contribution in [0.1, 0.15) is 26.3 Å². The maximum atomic E-state index is 2.45. The number of hydrogen-bond donors (Lipinski definition) is 0. The minimum atomic E-state index is 0.0640. The number of nitrogens with zero attached hydrogens (tertiary/aromatic N) is 1. The van der Waals surface area contributed by atoms with Gasteiger partial charge in [0.2, 0.25) is 6.71 Å². The molecule has 0 radical (unpaired) electrons. The molecule has 6 aromatic rings. The van der Waals surface area contributed by atoms with Crippen LogP contribution in [-0.4, -0.2) is 6.71 Å². The van der Waals surface area contributed by atoms with E-state index < -0.39 is 0 Å². The number of para-hydroxylation sites is 2. The monoisotopic (exact) mass is 539 g/mol. The summed E-state index contributed by atoms with van der Waals surface area (Å²) in [5, 5.41) is 0. The van der Waals surface area contributed by atoms with Gasteiger partial charge in [0.25, 0.3) is 0 Å². The molecule has 0 fully saturated rings. The summed E-state index contributed by atoms with van der Waals surface area (Å²) in [6.45, 7) is 6.88. The zero-order valence-electron chi connectivity index (χ0n) is 24.5. The maximum Gasteiger partial charge on any atom is 0.248 e. The van der Waals surface area contributed by atoms with Gasteiger partial charge >= 0.3 is 0 Å². The van der Waals surface area contributed by atoms with E-state index in [2.05, 4.69) is 177 Å². The fraction of sp³-hybridized carbons (Fsp3) is 0.100. The third-order valence-corrected chi connectivity index (χ3v) is 8.53. The third-order valence-electron chi connectivity index (χ3n) is 8.53. The molecule has 0 aromatic heterocycles. The van der Waals surface area contributed by atoms with E-state index in [-0.39, 0.29) is 12.1 Å². The molecule has 0 saturated carbocycles. The predicted octanol–water partition coefficient (Wildman–Crippen LogP) is 8.62. The van der Waals surface area contributed by atoms with Crippen molar-refractivity contribution in [1.29, 1.82) is 0 Å². The van der Waals surface area contributed by atoms with E-state index in [1.807, 2.05) is 0 Å². The minimum Gasteiger partial charge on any atom is -0.312 e. The number of anilines is 3. The quantitative estimate of drug-likeness (QED) is 0.203. The summed E-state index contributed by atoms with van der Waals surface area (Å²) in [5.74, 6) is 0. The summed E-state index contributed by atoms with van der Waals surface area (Å²) < 4.78 is 0. The van der Waals surface area contributed by atoms with Gasteiger partial charge in [-0.2, -0.15) is 0 Å². The standard InChI is InChI=1S/C40H34BN/c1-40(2,3)31-25-27-32(28-26-31)42-37-23-12-10-21-35(37)41(36-22-11-13-24-38(36)42)39-33(29-15-6-4-7-16-29)19-14-20-34(39)30-17-8-5-9-18-30/h4-28H,1-3H3. The smallest absolute Gasteiger partial charge is 0.248 e. The fourth-order valence-electron chi connectivity index (χ4n) is 6.48. The van der Waals surface area contributed by atoms with Crippen molar-refractivity contribution in [3.8, 4) is 22.3 Å². The van der Waals surface area contributed by atoms with Gasteiger partial charge in [-0.3, -0.25) is 0 Å². The lowest BCUT2D eigenvalue weighted by molar-refractivity contribution is 0.590. The van der Waals surface area contributed by atoms with E-state index in [1.165, 1.54) is 61.3 Å². The van der Waals surface area contributed by atoms with Crippen molar-refractivity contribution in [2.75, 3.05) is 4.90 Å². The summed E-state index contributed by atoms with van der Waals surface area (Å²) in [5.41, 5.74) is 14.1. The Morgan fingerprint density at radius 1 is 0.452 bits per heavy atom. The van der Waals surface area contributed by atoms with Gasteiger partial charge in [-0.25, -0.2) is 0 Å². The summed E-state index contributed by atoms with van der Waals surface area (Å²) in [7, 11) is 0. The maximum absolute atomic E-state index is 2.45. The van der Waals surface area contributed by atoms with Crippen molar-refractivity contribution in [3.63, 3.8) is 0 Å². The summed E-state index contributed by atoms with van der Waals surface area (Å²) in [6.07, 6.45) is 0. The SMILES string of the molecule is CC(C)(C)c1ccc(N2c3ccccc3B(c3c(-c4ccccc4)cccc3-c3ccccc3)c3ccccc32)cc1. The Bertz CT molecular complexity index is 1750. The van der Waals surface area contributed by atoms with Crippen LogP contribution in [0, 0.1) is 0 Å². The largest absolute Gasteiger partial charge is 0.312 e. The average molecular weight is 540 g/mol. The molecule has 0 bridgehead atoms. The molecule has 42 heavy (non-hydrogen) atoms. The van der Waals surface area contributed by atoms with Crippen molar-refractivity contribution in [1.82, 2.24) is 0 Å². The van der Waals surface area contributed by atoms with Crippen LogP contribution in [0.5, 0.6) is 0 Å². The predicted molar refractivity (Wildman–Crippen MR) is 182 cm³/mol. The molecule has 0 amide bonds. The number of fused-ring (bicyclic) bond motifs is 2. The molecule has 7 rings (SSSR count). The van der Waals surface area contributed by atoms with Crippen molar-refractivity contribution in [3.05, 3.63) is 157 Å². The highest BCUT2D eigenvalue weighted by Gasteiger charge is 2.37. The zero-order chi connectivity index (χ0) is 28.7. The molecule has 6 aromatic carbocycles. The Hall–Kier alpha value is -4.82. The van der Waals surface area contributed by atoms with E-state index in [0.29, 0.717) is 0 Å². The van der Waals surface area contributed by atoms with E-state index >= 15 is 0 Å². The highest BCUT2D eigenvalue weighted by atomic mass is 15.1. The number of benzene rings is 6. The zero-order valence-corrected chi connectivity index (χ0v) is 24.5. The third kappa shape index (κ3) is 4.54. The van der Waals surface area contributed by atoms with Crippen LogP contribution < -0.4 is 21.3 Å². The van der Waals surface area contributed by atoms with Crippen LogP contribution >= 0.6 is 0 Å². The highest BCUT2D eigenvalue weighted by molar-refractivity contribution is 6.99. The molecule has 0 N–H and O–H groups in total. The average Bonchev–Trinajstić information content (AvgIpc) is 3.04. The first-order valence-electron chi connectivity index (χ1n) is 14.8. The van der Waals surface area contributed by atoms with Crippen molar-refractivity contribution < 1.29 is 0 Å². The molecule has 1 heterocycles. The Morgan fingerprint density at radius 3 is 1.38 bits per heavy atom. The lowest BCUT2D eigenvalue weighted by atomic mass is 9.33. The Balaban J connectivity index is 1.50. The molecular formula is C40H34BN. The summed E-state index contributed by atoms with van der Waals surface area (Å²) in [4.78, 5) is 2.45. The Morgan fingerprint density at radius 2 is 0.905 bits per heavy atom. The molecule has 0 saturated heterocycles. The van der Waals surface area contributed by atoms with Crippen LogP contribution in [0.15, 0.2) is 152 Å². The molecule has 1 nitrogen and oxygen atoms in total. The molecule has 1 aliphatic rings. The van der Waals surface area contributed by atoms with Gasteiger partial charge in [0, 0.05) is 17.1 Å². The van der Waals surface area contributed by atoms with E-state index in [0.717, 1.165) is 0 Å². The lowest BCUT2D eigenvalue weighted by Crippen LogP contribution is -2.58. The van der Waals surface area contributed by atoms with Gasteiger partial charge in [0.1, 0.15) is 0 Å². The summed E-state index contributed by atoms with van der Waals surface area (Å²) >= 11 is 0. The second kappa shape index (κ2) is 10.5. The van der Waals surface area contributed by atoms with Gasteiger partial charge in [0.15, 0.2) is 0 Å². The normalized spacial score (nSPS) is 12.5. The Kier molecular flexibility index (Phi) is 6.55. The molecule has 0 unspecified atom stereocenters. The van der Waals surface area contributed by atoms with E-state index in [4.69, 9.17) is 0 Å². The van der Waals surface area contributed by atoms with Crippen LogP contribution in [0.4, 0.5) is 17.1 Å². The first-order valence-corrected chi connectivity index (χ1v) is 14.8. The second-order valence-electron chi connectivity index (χ2n) is 12.2. The van der Waals surface area contributed by atoms with Gasteiger partial charge in [-0.15, -0.1) is 0 Å². The van der Waals surface area contributed by atoms with E-state index in [9.17, 15) is 0 Å². The molecule has 0 spiro atoms. The van der Waals surface area contributed by atoms with Gasteiger partial charge in [-0.1, -0.05) is 154 Å². The molecule has 0 atom stereocenters. The van der Waals surface area contributed by atoms with E-state index in [1.54, 1.807) is 0 Å². The van der Waals surface area contributed by atoms with Crippen LogP contribution in [0.3, 0.4) is 0 Å². The second-order valence-corrected chi connectivity index (χ2v) is 12.2. The van der Waals surface area contributed by atoms with Crippen molar-refractivity contribution in [2.24, 2.45) is 0 Å². The number of rotatable bonds is 4. The highest BCUT2D eigenvalue weighted by Crippen LogP contribution is 2.38. The molecular weight excluding hydrogens is 505 g/mol. The fourth-order valence-corrected chi connectivity index (χ4v) is 6.48. The van der Waals surface area contributed by atoms with Crippen LogP contribution in [-0.2, 0) is 5.41 Å². The van der Waals surface area contributed by atoms with Crippen molar-refractivity contribution >= 4 is 40.2 Å². The van der Waals surface area contributed by atoms with Crippen LogP contribution in [0.2, 0.25) is 0 Å². The molecule has 2 heteroatoms. The van der Waals surface area contributed by atoms with Gasteiger partial charge in [0.05, 0.1) is 0 Å². The molecule has 1 aliphatic heterocycles. The first-order chi connectivity index (χ1) is 20.5. The Labute approximate surface area is 250 Å². The van der Waals surface area contributed by atoms with Gasteiger partial charge < -0.3 is 4.90 Å². The molecule has 202 valence electrons. The van der Waals surface area contributed by atoms with Crippen LogP contribution in [0.25, 0.3) is 22.3 Å². The first kappa shape index (κ1) is 26.1. The topological polar surface area (TPSA) is 3.24 Å². The van der Waals surface area contributed by atoms with Gasteiger partial charge in [-0.05, 0) is 68.4 Å². The lowest BCUT2D eigenvalue weighted by Gasteiger charge is -2.38. The molecule has 0 aliphatic carbocycles. The summed E-state index contributed by atoms with van der Waals surface area (Å²) in [6, 6.07) is 55.5. The minimum absolute atomic E-state index is 0.0640. The number of hydrogen-bond acceptors (Lipinski definition) is 1. The van der Waals surface area contributed by atoms with Crippen molar-refractivity contribution in [2.45, 2.75) is 26.2 Å².